The van der Waals surface area contributed by atoms with Crippen LogP contribution in [-0.4, -0.2) is 23.6 Å². The molecule has 0 aliphatic heterocycles. The molecule has 84 valence electrons. The van der Waals surface area contributed by atoms with Gasteiger partial charge in [0.05, 0.1) is 7.11 Å². The highest BCUT2D eigenvalue weighted by Gasteiger charge is 2.10. The topological polar surface area (TPSA) is 73.1 Å². The third-order valence-corrected chi connectivity index (χ3v) is 1.73. The average Bonchev–Trinajstić information content (AvgIpc) is 2.13. The summed E-state index contributed by atoms with van der Waals surface area (Å²) < 4.78 is 5.00. The van der Waals surface area contributed by atoms with Crippen LogP contribution >= 0.6 is 0 Å². The Morgan fingerprint density at radius 1 is 1.40 bits per heavy atom. The lowest BCUT2D eigenvalue weighted by Crippen LogP contribution is -2.20. The summed E-state index contributed by atoms with van der Waals surface area (Å²) >= 11 is 0. The quantitative estimate of drug-likeness (QED) is 0.791. The van der Waals surface area contributed by atoms with Gasteiger partial charge in [-0.3, -0.25) is 0 Å². The minimum atomic E-state index is 0.187. The Bertz CT molecular complexity index is 333. The monoisotopic (exact) mass is 210 g/mol. The number of hydrogen-bond donors (Lipinski definition) is 2. The van der Waals surface area contributed by atoms with E-state index in [1.165, 1.54) is 0 Å². The van der Waals surface area contributed by atoms with Crippen LogP contribution in [0, 0.1) is 5.41 Å². The van der Waals surface area contributed by atoms with Crippen molar-refractivity contribution in [2.45, 2.75) is 20.8 Å². The Kier molecular flexibility index (Phi) is 3.34. The van der Waals surface area contributed by atoms with E-state index in [1.807, 2.05) is 0 Å². The Balaban J connectivity index is 2.73. The maximum atomic E-state index is 5.53. The number of nitrogen functional groups attached to an aromatic ring is 1. The SMILES string of the molecule is COc1cc(NCC(C)(C)C)nc(N)n1. The molecule has 1 heterocycles. The zero-order valence-corrected chi connectivity index (χ0v) is 9.66. The van der Waals surface area contributed by atoms with Crippen LogP contribution in [0.1, 0.15) is 20.8 Å². The van der Waals surface area contributed by atoms with Crippen LogP contribution in [0.3, 0.4) is 0 Å². The molecule has 0 fully saturated rings. The van der Waals surface area contributed by atoms with E-state index >= 15 is 0 Å². The van der Waals surface area contributed by atoms with E-state index in [0.29, 0.717) is 11.7 Å². The Morgan fingerprint density at radius 2 is 2.07 bits per heavy atom. The molecule has 1 rings (SSSR count). The molecule has 0 amide bonds. The first kappa shape index (κ1) is 11.6. The third kappa shape index (κ3) is 4.01. The number of hydrogen-bond acceptors (Lipinski definition) is 5. The summed E-state index contributed by atoms with van der Waals surface area (Å²) in [6.07, 6.45) is 0. The van der Waals surface area contributed by atoms with Gasteiger partial charge in [-0.2, -0.15) is 9.97 Å². The van der Waals surface area contributed by atoms with E-state index in [-0.39, 0.29) is 11.4 Å². The summed E-state index contributed by atoms with van der Waals surface area (Å²) in [6.45, 7) is 7.23. The predicted octanol–water partition coefficient (Wildman–Crippen LogP) is 1.53. The van der Waals surface area contributed by atoms with Crippen LogP contribution in [0.2, 0.25) is 0 Å². The van der Waals surface area contributed by atoms with E-state index in [1.54, 1.807) is 13.2 Å². The van der Waals surface area contributed by atoms with Gasteiger partial charge < -0.3 is 15.8 Å². The van der Waals surface area contributed by atoms with Gasteiger partial charge in [0.25, 0.3) is 0 Å². The van der Waals surface area contributed by atoms with Gasteiger partial charge in [0.1, 0.15) is 5.82 Å². The Morgan fingerprint density at radius 3 is 2.60 bits per heavy atom. The minimum Gasteiger partial charge on any atom is -0.481 e. The molecule has 0 unspecified atom stereocenters. The molecule has 1 aromatic rings. The van der Waals surface area contributed by atoms with Crippen molar-refractivity contribution in [1.29, 1.82) is 0 Å². The van der Waals surface area contributed by atoms with Gasteiger partial charge in [0.15, 0.2) is 0 Å². The standard InChI is InChI=1S/C10H18N4O/c1-10(2,3)6-12-7-5-8(15-4)14-9(11)13-7/h5H,6H2,1-4H3,(H3,11,12,13,14). The van der Waals surface area contributed by atoms with Crippen molar-refractivity contribution in [3.05, 3.63) is 6.07 Å². The normalized spacial score (nSPS) is 11.2. The van der Waals surface area contributed by atoms with E-state index < -0.39 is 0 Å². The molecular weight excluding hydrogens is 192 g/mol. The summed E-state index contributed by atoms with van der Waals surface area (Å²) in [5, 5.41) is 3.19. The third-order valence-electron chi connectivity index (χ3n) is 1.73. The smallest absolute Gasteiger partial charge is 0.225 e. The summed E-state index contributed by atoms with van der Waals surface area (Å²) in [5.74, 6) is 1.37. The van der Waals surface area contributed by atoms with Crippen LogP contribution in [-0.2, 0) is 0 Å². The fourth-order valence-electron chi connectivity index (χ4n) is 0.994. The summed E-state index contributed by atoms with van der Waals surface area (Å²) in [5.41, 5.74) is 5.72. The molecule has 0 spiro atoms. The second-order valence-corrected chi connectivity index (χ2v) is 4.57. The fourth-order valence-corrected chi connectivity index (χ4v) is 0.994. The first-order valence-electron chi connectivity index (χ1n) is 4.83. The summed E-state index contributed by atoms with van der Waals surface area (Å²) in [7, 11) is 1.55. The zero-order chi connectivity index (χ0) is 11.5. The number of nitrogens with two attached hydrogens (primary N) is 1. The van der Waals surface area contributed by atoms with Crippen LogP contribution < -0.4 is 15.8 Å². The molecule has 0 radical (unpaired) electrons. The van der Waals surface area contributed by atoms with Gasteiger partial charge in [-0.1, -0.05) is 20.8 Å². The highest BCUT2D eigenvalue weighted by atomic mass is 16.5. The number of nitrogens with one attached hydrogen (secondary N) is 1. The van der Waals surface area contributed by atoms with Gasteiger partial charge in [0.2, 0.25) is 11.8 Å². The van der Waals surface area contributed by atoms with Crippen molar-refractivity contribution in [3.8, 4) is 5.88 Å². The molecule has 0 atom stereocenters. The molecular formula is C10H18N4O. The van der Waals surface area contributed by atoms with Crippen molar-refractivity contribution in [2.75, 3.05) is 24.7 Å². The highest BCUT2D eigenvalue weighted by molar-refractivity contribution is 5.42. The maximum absolute atomic E-state index is 5.53. The number of ether oxygens (including phenoxy) is 1. The van der Waals surface area contributed by atoms with Crippen LogP contribution in [0.4, 0.5) is 11.8 Å². The Labute approximate surface area is 90.1 Å². The molecule has 1 aromatic heterocycles. The van der Waals surface area contributed by atoms with Gasteiger partial charge in [-0.15, -0.1) is 0 Å². The largest absolute Gasteiger partial charge is 0.481 e. The van der Waals surface area contributed by atoms with Crippen molar-refractivity contribution in [2.24, 2.45) is 5.41 Å². The van der Waals surface area contributed by atoms with Crippen molar-refractivity contribution >= 4 is 11.8 Å². The molecule has 3 N–H and O–H groups in total. The second kappa shape index (κ2) is 4.33. The molecule has 0 aromatic carbocycles. The number of methoxy groups -OCH3 is 1. The zero-order valence-electron chi connectivity index (χ0n) is 9.66. The number of aromatic nitrogens is 2. The number of nitrogens with zero attached hydrogens (tertiary/aromatic N) is 2. The number of rotatable bonds is 3. The Hall–Kier alpha value is -1.52. The first-order valence-corrected chi connectivity index (χ1v) is 4.83. The highest BCUT2D eigenvalue weighted by Crippen LogP contribution is 2.17. The van der Waals surface area contributed by atoms with E-state index in [4.69, 9.17) is 10.5 Å². The summed E-state index contributed by atoms with van der Waals surface area (Å²) in [4.78, 5) is 7.96. The van der Waals surface area contributed by atoms with E-state index in [2.05, 4.69) is 36.1 Å². The van der Waals surface area contributed by atoms with E-state index in [9.17, 15) is 0 Å². The van der Waals surface area contributed by atoms with Crippen LogP contribution in [0.5, 0.6) is 5.88 Å². The van der Waals surface area contributed by atoms with Gasteiger partial charge in [0, 0.05) is 12.6 Å². The molecule has 0 saturated heterocycles. The molecule has 5 heteroatoms. The van der Waals surface area contributed by atoms with E-state index in [0.717, 1.165) is 6.54 Å². The second-order valence-electron chi connectivity index (χ2n) is 4.57. The molecule has 0 saturated carbocycles. The van der Waals surface area contributed by atoms with Crippen molar-refractivity contribution in [1.82, 2.24) is 9.97 Å². The molecule has 15 heavy (non-hydrogen) atoms. The molecule has 0 aliphatic rings. The molecule has 0 aliphatic carbocycles. The number of anilines is 2. The lowest BCUT2D eigenvalue weighted by molar-refractivity contribution is 0.397. The molecule has 5 nitrogen and oxygen atoms in total. The summed E-state index contributed by atoms with van der Waals surface area (Å²) in [6, 6.07) is 1.72. The van der Waals surface area contributed by atoms with Crippen molar-refractivity contribution in [3.63, 3.8) is 0 Å². The lowest BCUT2D eigenvalue weighted by Gasteiger charge is -2.19. The predicted molar refractivity (Wildman–Crippen MR) is 60.9 cm³/mol. The lowest BCUT2D eigenvalue weighted by atomic mass is 9.97. The average molecular weight is 210 g/mol. The van der Waals surface area contributed by atoms with Crippen LogP contribution in [0.15, 0.2) is 6.07 Å². The fraction of sp³-hybridized carbons (Fsp3) is 0.600. The van der Waals surface area contributed by atoms with Crippen LogP contribution in [0.25, 0.3) is 0 Å². The van der Waals surface area contributed by atoms with Gasteiger partial charge in [-0.25, -0.2) is 0 Å². The maximum Gasteiger partial charge on any atom is 0.225 e. The first-order chi connectivity index (χ1) is 6.90. The van der Waals surface area contributed by atoms with Gasteiger partial charge in [-0.05, 0) is 5.41 Å². The van der Waals surface area contributed by atoms with Crippen molar-refractivity contribution < 1.29 is 4.74 Å². The van der Waals surface area contributed by atoms with Gasteiger partial charge >= 0.3 is 0 Å². The molecule has 0 bridgehead atoms. The minimum absolute atomic E-state index is 0.187.